The van der Waals surface area contributed by atoms with Gasteiger partial charge in [-0.3, -0.25) is 14.6 Å². The van der Waals surface area contributed by atoms with Crippen LogP contribution in [0.4, 0.5) is 0 Å². The highest BCUT2D eigenvalue weighted by molar-refractivity contribution is 5.78. The zero-order valence-electron chi connectivity index (χ0n) is 18.5. The lowest BCUT2D eigenvalue weighted by atomic mass is 10.1. The van der Waals surface area contributed by atoms with E-state index in [0.29, 0.717) is 6.42 Å². The Morgan fingerprint density at radius 1 is 0.774 bits per heavy atom. The standard InChI is InChI=1S/C26H35N3O2/c30-26(21-23-8-3-1-4-9-23)29-16-14-28(15-17-29)22-24-10-7-11-25(20-24)31-19-18-27-12-5-2-6-13-27/h1,3-4,7-11,20H,2,5-6,12-19,21-22H2. The van der Waals surface area contributed by atoms with Crippen molar-refractivity contribution in [1.82, 2.24) is 14.7 Å². The Labute approximate surface area is 186 Å². The summed E-state index contributed by atoms with van der Waals surface area (Å²) in [5.74, 6) is 1.20. The molecular weight excluding hydrogens is 386 g/mol. The molecule has 5 heteroatoms. The number of amides is 1. The van der Waals surface area contributed by atoms with Crippen molar-refractivity contribution in [2.24, 2.45) is 0 Å². The molecule has 31 heavy (non-hydrogen) atoms. The first-order chi connectivity index (χ1) is 15.3. The highest BCUT2D eigenvalue weighted by Gasteiger charge is 2.21. The number of likely N-dealkylation sites (tertiary alicyclic amines) is 1. The van der Waals surface area contributed by atoms with Crippen molar-refractivity contribution in [1.29, 1.82) is 0 Å². The predicted molar refractivity (Wildman–Crippen MR) is 124 cm³/mol. The van der Waals surface area contributed by atoms with E-state index in [-0.39, 0.29) is 5.91 Å². The fraction of sp³-hybridized carbons (Fsp3) is 0.500. The van der Waals surface area contributed by atoms with Crippen molar-refractivity contribution in [3.05, 3.63) is 65.7 Å². The number of ether oxygens (including phenoxy) is 1. The molecule has 2 saturated heterocycles. The molecule has 0 radical (unpaired) electrons. The van der Waals surface area contributed by atoms with Gasteiger partial charge in [-0.2, -0.15) is 0 Å². The fourth-order valence-corrected chi connectivity index (χ4v) is 4.51. The predicted octanol–water partition coefficient (Wildman–Crippen LogP) is 3.44. The van der Waals surface area contributed by atoms with Crippen LogP contribution in [0.3, 0.4) is 0 Å². The molecule has 2 aliphatic rings. The van der Waals surface area contributed by atoms with Crippen LogP contribution in [0.1, 0.15) is 30.4 Å². The summed E-state index contributed by atoms with van der Waals surface area (Å²) in [5.41, 5.74) is 2.37. The summed E-state index contributed by atoms with van der Waals surface area (Å²) in [5, 5.41) is 0. The Kier molecular flexibility index (Phi) is 7.97. The zero-order chi connectivity index (χ0) is 21.3. The minimum absolute atomic E-state index is 0.231. The first-order valence-corrected chi connectivity index (χ1v) is 11.7. The van der Waals surface area contributed by atoms with E-state index in [0.717, 1.165) is 57.2 Å². The van der Waals surface area contributed by atoms with Crippen molar-refractivity contribution in [3.8, 4) is 5.75 Å². The Morgan fingerprint density at radius 3 is 2.29 bits per heavy atom. The van der Waals surface area contributed by atoms with Gasteiger partial charge in [0, 0.05) is 39.3 Å². The van der Waals surface area contributed by atoms with Gasteiger partial charge in [0.25, 0.3) is 0 Å². The summed E-state index contributed by atoms with van der Waals surface area (Å²) in [6.45, 7) is 8.54. The average Bonchev–Trinajstić information content (AvgIpc) is 2.81. The van der Waals surface area contributed by atoms with E-state index >= 15 is 0 Å². The number of piperidine rings is 1. The van der Waals surface area contributed by atoms with Gasteiger partial charge in [0.05, 0.1) is 6.42 Å². The van der Waals surface area contributed by atoms with Gasteiger partial charge < -0.3 is 9.64 Å². The number of carbonyl (C=O) groups excluding carboxylic acids is 1. The molecule has 2 aromatic carbocycles. The average molecular weight is 422 g/mol. The Bertz CT molecular complexity index is 812. The SMILES string of the molecule is O=C(Cc1ccccc1)N1CCN(Cc2cccc(OCCN3CCCCC3)c2)CC1. The summed E-state index contributed by atoms with van der Waals surface area (Å²) in [6, 6.07) is 18.5. The van der Waals surface area contributed by atoms with Crippen LogP contribution in [0.15, 0.2) is 54.6 Å². The second-order valence-electron chi connectivity index (χ2n) is 8.72. The topological polar surface area (TPSA) is 36.0 Å². The lowest BCUT2D eigenvalue weighted by Crippen LogP contribution is -2.48. The monoisotopic (exact) mass is 421 g/mol. The molecule has 0 aliphatic carbocycles. The second-order valence-corrected chi connectivity index (χ2v) is 8.72. The fourth-order valence-electron chi connectivity index (χ4n) is 4.51. The number of benzene rings is 2. The van der Waals surface area contributed by atoms with Crippen LogP contribution < -0.4 is 4.74 Å². The van der Waals surface area contributed by atoms with Crippen molar-refractivity contribution < 1.29 is 9.53 Å². The van der Waals surface area contributed by atoms with Crippen LogP contribution in [0, 0.1) is 0 Å². The molecule has 2 aliphatic heterocycles. The number of hydrogen-bond donors (Lipinski definition) is 0. The number of carbonyl (C=O) groups is 1. The van der Waals surface area contributed by atoms with E-state index in [1.54, 1.807) is 0 Å². The maximum Gasteiger partial charge on any atom is 0.227 e. The second kappa shape index (κ2) is 11.3. The first-order valence-electron chi connectivity index (χ1n) is 11.7. The largest absolute Gasteiger partial charge is 0.492 e. The van der Waals surface area contributed by atoms with Gasteiger partial charge in [0.1, 0.15) is 12.4 Å². The maximum absolute atomic E-state index is 12.6. The van der Waals surface area contributed by atoms with Gasteiger partial charge in [-0.1, -0.05) is 48.9 Å². The highest BCUT2D eigenvalue weighted by Crippen LogP contribution is 2.17. The molecular formula is C26H35N3O2. The molecule has 5 nitrogen and oxygen atoms in total. The van der Waals surface area contributed by atoms with E-state index in [2.05, 4.69) is 34.1 Å². The first kappa shape index (κ1) is 21.8. The summed E-state index contributed by atoms with van der Waals surface area (Å²) >= 11 is 0. The van der Waals surface area contributed by atoms with Crippen LogP contribution in [-0.2, 0) is 17.8 Å². The Hall–Kier alpha value is -2.37. The van der Waals surface area contributed by atoms with E-state index in [9.17, 15) is 4.79 Å². The molecule has 2 fully saturated rings. The number of piperazine rings is 1. The Balaban J connectivity index is 1.19. The molecule has 2 aromatic rings. The van der Waals surface area contributed by atoms with E-state index in [4.69, 9.17) is 4.74 Å². The third-order valence-electron chi connectivity index (χ3n) is 6.35. The van der Waals surface area contributed by atoms with Crippen molar-refractivity contribution in [3.63, 3.8) is 0 Å². The molecule has 0 atom stereocenters. The molecule has 4 rings (SSSR count). The van der Waals surface area contributed by atoms with Crippen LogP contribution >= 0.6 is 0 Å². The molecule has 0 bridgehead atoms. The van der Waals surface area contributed by atoms with Gasteiger partial charge in [-0.15, -0.1) is 0 Å². The normalized spacial score (nSPS) is 18.1. The van der Waals surface area contributed by atoms with Crippen molar-refractivity contribution in [2.75, 3.05) is 52.4 Å². The van der Waals surface area contributed by atoms with Crippen LogP contribution in [0.2, 0.25) is 0 Å². The quantitative estimate of drug-likeness (QED) is 0.654. The minimum atomic E-state index is 0.231. The molecule has 0 N–H and O–H groups in total. The summed E-state index contributed by atoms with van der Waals surface area (Å²) in [7, 11) is 0. The van der Waals surface area contributed by atoms with Crippen LogP contribution in [-0.4, -0.2) is 73.0 Å². The number of rotatable bonds is 8. The third kappa shape index (κ3) is 6.81. The Morgan fingerprint density at radius 2 is 1.52 bits per heavy atom. The van der Waals surface area contributed by atoms with Crippen molar-refractivity contribution >= 4 is 5.91 Å². The summed E-state index contributed by atoms with van der Waals surface area (Å²) in [6.07, 6.45) is 4.51. The number of hydrogen-bond acceptors (Lipinski definition) is 4. The summed E-state index contributed by atoms with van der Waals surface area (Å²) < 4.78 is 6.03. The van der Waals surface area contributed by atoms with Gasteiger partial charge in [0.15, 0.2) is 0 Å². The maximum atomic E-state index is 12.6. The van der Waals surface area contributed by atoms with Gasteiger partial charge >= 0.3 is 0 Å². The molecule has 2 heterocycles. The van der Waals surface area contributed by atoms with Crippen LogP contribution in [0.25, 0.3) is 0 Å². The third-order valence-corrected chi connectivity index (χ3v) is 6.35. The van der Waals surface area contributed by atoms with Gasteiger partial charge in [0.2, 0.25) is 5.91 Å². The molecule has 0 spiro atoms. The molecule has 1 amide bonds. The zero-order valence-corrected chi connectivity index (χ0v) is 18.5. The summed E-state index contributed by atoms with van der Waals surface area (Å²) in [4.78, 5) is 19.5. The van der Waals surface area contributed by atoms with E-state index in [1.165, 1.54) is 37.9 Å². The van der Waals surface area contributed by atoms with E-state index in [1.807, 2.05) is 35.2 Å². The molecule has 0 aromatic heterocycles. The lowest BCUT2D eigenvalue weighted by Gasteiger charge is -2.35. The molecule has 0 saturated carbocycles. The van der Waals surface area contributed by atoms with Crippen molar-refractivity contribution in [2.45, 2.75) is 32.2 Å². The lowest BCUT2D eigenvalue weighted by molar-refractivity contribution is -0.132. The smallest absolute Gasteiger partial charge is 0.227 e. The molecule has 0 unspecified atom stereocenters. The van der Waals surface area contributed by atoms with Gasteiger partial charge in [-0.25, -0.2) is 0 Å². The highest BCUT2D eigenvalue weighted by atomic mass is 16.5. The number of nitrogens with zero attached hydrogens (tertiary/aromatic N) is 3. The minimum Gasteiger partial charge on any atom is -0.492 e. The van der Waals surface area contributed by atoms with Crippen LogP contribution in [0.5, 0.6) is 5.75 Å². The molecule has 166 valence electrons. The van der Waals surface area contributed by atoms with Gasteiger partial charge in [-0.05, 0) is 49.2 Å². The van der Waals surface area contributed by atoms with E-state index < -0.39 is 0 Å².